The summed E-state index contributed by atoms with van der Waals surface area (Å²) in [5.74, 6) is -1.09. The molecule has 0 heterocycles. The fourth-order valence-electron chi connectivity index (χ4n) is 0.724. The van der Waals surface area contributed by atoms with Crippen molar-refractivity contribution < 1.29 is 8.78 Å². The summed E-state index contributed by atoms with van der Waals surface area (Å²) in [5, 5.41) is 0. The predicted octanol–water partition coefficient (Wildman–Crippen LogP) is 2.03. The van der Waals surface area contributed by atoms with E-state index in [1.165, 1.54) is 12.1 Å². The van der Waals surface area contributed by atoms with E-state index in [0.717, 1.165) is 0 Å². The van der Waals surface area contributed by atoms with Gasteiger partial charge >= 0.3 is 0 Å². The molecule has 0 aliphatic heterocycles. The van der Waals surface area contributed by atoms with E-state index in [0.29, 0.717) is 5.56 Å². The Bertz CT molecular complexity index is 275. The van der Waals surface area contributed by atoms with E-state index in [-0.39, 0.29) is 10.1 Å². The first kappa shape index (κ1) is 8.86. The summed E-state index contributed by atoms with van der Waals surface area (Å²) < 4.78 is 25.5. The third kappa shape index (κ3) is 1.67. The molecule has 1 aromatic carbocycles. The van der Waals surface area contributed by atoms with Gasteiger partial charge in [-0.25, -0.2) is 8.78 Å². The minimum Gasteiger partial charge on any atom is -0.326 e. The molecule has 0 spiro atoms. The fourth-order valence-corrected chi connectivity index (χ4v) is 1.25. The summed E-state index contributed by atoms with van der Waals surface area (Å²) in [6, 6.07) is 2.57. The molecule has 11 heavy (non-hydrogen) atoms. The van der Waals surface area contributed by atoms with Crippen LogP contribution in [0.1, 0.15) is 5.56 Å². The van der Waals surface area contributed by atoms with Gasteiger partial charge in [-0.1, -0.05) is 6.07 Å². The van der Waals surface area contributed by atoms with Gasteiger partial charge in [0.15, 0.2) is 0 Å². The number of nitrogens with two attached hydrogens (primary N) is 1. The van der Waals surface area contributed by atoms with Gasteiger partial charge in [-0.05, 0) is 28.7 Å². The van der Waals surface area contributed by atoms with Crippen molar-refractivity contribution in [2.24, 2.45) is 5.73 Å². The molecule has 0 fully saturated rings. The Balaban J connectivity index is 3.25. The van der Waals surface area contributed by atoms with Crippen LogP contribution in [0.5, 0.6) is 0 Å². The highest BCUT2D eigenvalue weighted by atomic mass is 127. The van der Waals surface area contributed by atoms with Crippen LogP contribution < -0.4 is 5.73 Å². The molecule has 0 bridgehead atoms. The molecule has 0 unspecified atom stereocenters. The van der Waals surface area contributed by atoms with Crippen molar-refractivity contribution in [1.82, 2.24) is 0 Å². The maximum Gasteiger partial charge on any atom is 0.143 e. The Labute approximate surface area is 76.7 Å². The normalized spacial score (nSPS) is 10.2. The smallest absolute Gasteiger partial charge is 0.143 e. The van der Waals surface area contributed by atoms with Crippen molar-refractivity contribution in [3.05, 3.63) is 32.9 Å². The zero-order chi connectivity index (χ0) is 8.43. The number of rotatable bonds is 1. The molecule has 0 saturated heterocycles. The maximum atomic E-state index is 12.9. The molecule has 0 saturated carbocycles. The molecule has 1 rings (SSSR count). The number of halogens is 3. The maximum absolute atomic E-state index is 12.9. The zero-order valence-corrected chi connectivity index (χ0v) is 7.73. The topological polar surface area (TPSA) is 26.0 Å². The molecule has 0 aromatic heterocycles. The summed E-state index contributed by atoms with van der Waals surface area (Å²) in [7, 11) is 0. The Morgan fingerprint density at radius 1 is 1.36 bits per heavy atom. The first-order valence-corrected chi connectivity index (χ1v) is 4.07. The van der Waals surface area contributed by atoms with Crippen molar-refractivity contribution >= 4 is 22.6 Å². The summed E-state index contributed by atoms with van der Waals surface area (Å²) in [5.41, 5.74) is 5.55. The number of hydrogen-bond acceptors (Lipinski definition) is 1. The Morgan fingerprint density at radius 3 is 2.55 bits per heavy atom. The zero-order valence-electron chi connectivity index (χ0n) is 5.57. The molecule has 0 atom stereocenters. The first-order valence-electron chi connectivity index (χ1n) is 2.99. The van der Waals surface area contributed by atoms with Crippen LogP contribution in [0.2, 0.25) is 0 Å². The summed E-state index contributed by atoms with van der Waals surface area (Å²) in [4.78, 5) is 0. The van der Waals surface area contributed by atoms with Crippen molar-refractivity contribution in [3.63, 3.8) is 0 Å². The lowest BCUT2D eigenvalue weighted by Gasteiger charge is -2.01. The molecule has 0 aliphatic carbocycles. The second-order valence-electron chi connectivity index (χ2n) is 2.04. The second kappa shape index (κ2) is 3.44. The summed E-state index contributed by atoms with van der Waals surface area (Å²) in [6.45, 7) is 0.0993. The van der Waals surface area contributed by atoms with Crippen LogP contribution in [0.25, 0.3) is 0 Å². The average molecular weight is 269 g/mol. The van der Waals surface area contributed by atoms with E-state index in [2.05, 4.69) is 0 Å². The van der Waals surface area contributed by atoms with Gasteiger partial charge in [0.25, 0.3) is 0 Å². The Kier molecular flexibility index (Phi) is 2.78. The molecule has 0 aliphatic rings. The van der Waals surface area contributed by atoms with Crippen molar-refractivity contribution in [1.29, 1.82) is 0 Å². The lowest BCUT2D eigenvalue weighted by molar-refractivity contribution is 0.560. The van der Waals surface area contributed by atoms with Crippen molar-refractivity contribution in [2.45, 2.75) is 6.54 Å². The van der Waals surface area contributed by atoms with Crippen LogP contribution in [0.4, 0.5) is 8.78 Å². The van der Waals surface area contributed by atoms with Gasteiger partial charge in [0.1, 0.15) is 11.6 Å². The molecular formula is C7H6F2IN. The molecule has 0 radical (unpaired) electrons. The van der Waals surface area contributed by atoms with Gasteiger partial charge < -0.3 is 5.73 Å². The lowest BCUT2D eigenvalue weighted by Crippen LogP contribution is -2.02. The van der Waals surface area contributed by atoms with E-state index in [1.54, 1.807) is 22.6 Å². The summed E-state index contributed by atoms with van der Waals surface area (Å²) in [6.07, 6.45) is 0. The monoisotopic (exact) mass is 269 g/mol. The molecule has 2 N–H and O–H groups in total. The van der Waals surface area contributed by atoms with E-state index in [1.807, 2.05) is 0 Å². The fraction of sp³-hybridized carbons (Fsp3) is 0.143. The molecule has 1 nitrogen and oxygen atoms in total. The van der Waals surface area contributed by atoms with Gasteiger partial charge in [-0.3, -0.25) is 0 Å². The Hall–Kier alpha value is -0.230. The van der Waals surface area contributed by atoms with Crippen LogP contribution in [-0.2, 0) is 6.54 Å². The molecule has 0 amide bonds. The van der Waals surface area contributed by atoms with Crippen LogP contribution in [0, 0.1) is 15.2 Å². The Morgan fingerprint density at radius 2 is 2.00 bits per heavy atom. The predicted molar refractivity (Wildman–Crippen MR) is 47.0 cm³/mol. The SMILES string of the molecule is NCc1ccc(F)c(I)c1F. The van der Waals surface area contributed by atoms with Gasteiger partial charge in [0.05, 0.1) is 3.57 Å². The van der Waals surface area contributed by atoms with E-state index >= 15 is 0 Å². The average Bonchev–Trinajstić information content (AvgIpc) is 2.01. The molecule has 4 heteroatoms. The van der Waals surface area contributed by atoms with Crippen LogP contribution in [0.15, 0.2) is 12.1 Å². The van der Waals surface area contributed by atoms with Gasteiger partial charge in [-0.15, -0.1) is 0 Å². The van der Waals surface area contributed by atoms with Gasteiger partial charge in [0, 0.05) is 12.1 Å². The number of hydrogen-bond donors (Lipinski definition) is 1. The van der Waals surface area contributed by atoms with E-state index in [4.69, 9.17) is 5.73 Å². The second-order valence-corrected chi connectivity index (χ2v) is 3.12. The van der Waals surface area contributed by atoms with Crippen molar-refractivity contribution in [3.8, 4) is 0 Å². The quantitative estimate of drug-likeness (QED) is 0.612. The van der Waals surface area contributed by atoms with Crippen LogP contribution in [-0.4, -0.2) is 0 Å². The third-order valence-corrected chi connectivity index (χ3v) is 2.32. The van der Waals surface area contributed by atoms with Crippen LogP contribution in [0.3, 0.4) is 0 Å². The minimum atomic E-state index is -0.548. The largest absolute Gasteiger partial charge is 0.326 e. The van der Waals surface area contributed by atoms with Gasteiger partial charge in [-0.2, -0.15) is 0 Å². The highest BCUT2D eigenvalue weighted by Crippen LogP contribution is 2.17. The first-order chi connectivity index (χ1) is 5.16. The van der Waals surface area contributed by atoms with Crippen LogP contribution >= 0.6 is 22.6 Å². The highest BCUT2D eigenvalue weighted by molar-refractivity contribution is 14.1. The third-order valence-electron chi connectivity index (χ3n) is 1.34. The molecule has 1 aromatic rings. The van der Waals surface area contributed by atoms with Gasteiger partial charge in [0.2, 0.25) is 0 Å². The molecule has 60 valence electrons. The van der Waals surface area contributed by atoms with E-state index in [9.17, 15) is 8.78 Å². The van der Waals surface area contributed by atoms with E-state index < -0.39 is 11.6 Å². The minimum absolute atomic E-state index is 0.00514. The standard InChI is InChI=1S/C7H6F2IN/c8-5-2-1-4(3-11)6(9)7(5)10/h1-2H,3,11H2. The lowest BCUT2D eigenvalue weighted by atomic mass is 10.2. The van der Waals surface area contributed by atoms with Crippen molar-refractivity contribution in [2.75, 3.05) is 0 Å². The number of benzene rings is 1. The molecular weight excluding hydrogens is 263 g/mol. The summed E-state index contributed by atoms with van der Waals surface area (Å²) >= 11 is 1.61. The highest BCUT2D eigenvalue weighted by Gasteiger charge is 2.08.